The monoisotopic (exact) mass is 206 g/mol. The summed E-state index contributed by atoms with van der Waals surface area (Å²) in [5, 5.41) is 3.30. The molecule has 14 heavy (non-hydrogen) atoms. The molecule has 1 aliphatic rings. The lowest BCUT2D eigenvalue weighted by Gasteiger charge is -2.04. The Morgan fingerprint density at radius 1 is 1.43 bits per heavy atom. The predicted molar refractivity (Wildman–Crippen MR) is 57.1 cm³/mol. The van der Waals surface area contributed by atoms with Gasteiger partial charge in [0, 0.05) is 10.1 Å². The van der Waals surface area contributed by atoms with Crippen molar-refractivity contribution in [1.29, 1.82) is 0 Å². The van der Waals surface area contributed by atoms with Gasteiger partial charge in [0.25, 0.3) is 0 Å². The van der Waals surface area contributed by atoms with E-state index in [0.717, 1.165) is 12.4 Å². The number of thiophene rings is 1. The van der Waals surface area contributed by atoms with Crippen LogP contribution in [-0.2, 0) is 4.74 Å². The maximum atomic E-state index is 5.68. The van der Waals surface area contributed by atoms with Crippen molar-refractivity contribution in [2.24, 2.45) is 0 Å². The summed E-state index contributed by atoms with van der Waals surface area (Å²) >= 11 is 1.74. The lowest BCUT2D eigenvalue weighted by molar-refractivity contribution is 0.265. The predicted octanol–water partition coefficient (Wildman–Crippen LogP) is 2.68. The number of ether oxygens (including phenoxy) is 2. The first-order valence-corrected chi connectivity index (χ1v) is 5.52. The molecule has 3 rings (SSSR count). The first kappa shape index (κ1) is 8.26. The second-order valence-electron chi connectivity index (χ2n) is 3.35. The van der Waals surface area contributed by atoms with Gasteiger partial charge in [-0.25, -0.2) is 0 Å². The molecule has 0 bridgehead atoms. The molecule has 1 aromatic heterocycles. The van der Waals surface area contributed by atoms with Crippen LogP contribution in [0.4, 0.5) is 0 Å². The summed E-state index contributed by atoms with van der Waals surface area (Å²) < 4.78 is 12.1. The van der Waals surface area contributed by atoms with Gasteiger partial charge in [-0.1, -0.05) is 6.07 Å². The Morgan fingerprint density at radius 3 is 3.21 bits per heavy atom. The van der Waals surface area contributed by atoms with Crippen LogP contribution < -0.4 is 4.74 Å². The van der Waals surface area contributed by atoms with Gasteiger partial charge in [-0.05, 0) is 23.6 Å². The van der Waals surface area contributed by atoms with Crippen molar-refractivity contribution in [3.8, 4) is 5.75 Å². The number of epoxide rings is 1. The van der Waals surface area contributed by atoms with Crippen molar-refractivity contribution in [2.75, 3.05) is 13.2 Å². The number of hydrogen-bond acceptors (Lipinski definition) is 3. The van der Waals surface area contributed by atoms with Gasteiger partial charge in [0.15, 0.2) is 0 Å². The van der Waals surface area contributed by atoms with Gasteiger partial charge in [-0.3, -0.25) is 0 Å². The fourth-order valence-corrected chi connectivity index (χ4v) is 2.24. The Labute approximate surface area is 86.1 Å². The van der Waals surface area contributed by atoms with E-state index in [1.54, 1.807) is 11.3 Å². The van der Waals surface area contributed by atoms with Crippen molar-refractivity contribution in [3.05, 3.63) is 29.6 Å². The molecule has 3 heteroatoms. The maximum Gasteiger partial charge on any atom is 0.128 e. The molecule has 1 fully saturated rings. The Morgan fingerprint density at radius 2 is 2.36 bits per heavy atom. The third-order valence-corrected chi connectivity index (χ3v) is 3.17. The van der Waals surface area contributed by atoms with Crippen LogP contribution in [0.5, 0.6) is 5.75 Å². The standard InChI is InChI=1S/C11H10O2S/c1-2-10(13-7-8-6-12-8)9-4-5-14-11(9)3-1/h1-5,8H,6-7H2/t8-/m1/s1. The molecule has 1 aromatic carbocycles. The largest absolute Gasteiger partial charge is 0.490 e. The van der Waals surface area contributed by atoms with E-state index in [-0.39, 0.29) is 0 Å². The van der Waals surface area contributed by atoms with Crippen LogP contribution in [0.15, 0.2) is 29.6 Å². The number of fused-ring (bicyclic) bond motifs is 1. The van der Waals surface area contributed by atoms with Gasteiger partial charge < -0.3 is 9.47 Å². The van der Waals surface area contributed by atoms with Gasteiger partial charge >= 0.3 is 0 Å². The lowest BCUT2D eigenvalue weighted by atomic mass is 10.2. The average molecular weight is 206 g/mol. The van der Waals surface area contributed by atoms with E-state index in [1.165, 1.54) is 10.1 Å². The summed E-state index contributed by atoms with van der Waals surface area (Å²) in [4.78, 5) is 0. The highest BCUT2D eigenvalue weighted by Gasteiger charge is 2.23. The van der Waals surface area contributed by atoms with Gasteiger partial charge in [-0.2, -0.15) is 0 Å². The van der Waals surface area contributed by atoms with E-state index in [4.69, 9.17) is 9.47 Å². The van der Waals surface area contributed by atoms with Gasteiger partial charge in [0.1, 0.15) is 18.5 Å². The number of hydrogen-bond donors (Lipinski definition) is 0. The van der Waals surface area contributed by atoms with E-state index >= 15 is 0 Å². The van der Waals surface area contributed by atoms with Crippen molar-refractivity contribution >= 4 is 21.4 Å². The smallest absolute Gasteiger partial charge is 0.128 e. The van der Waals surface area contributed by atoms with Crippen LogP contribution in [0.2, 0.25) is 0 Å². The maximum absolute atomic E-state index is 5.68. The molecular weight excluding hydrogens is 196 g/mol. The van der Waals surface area contributed by atoms with Gasteiger partial charge in [0.05, 0.1) is 6.61 Å². The second-order valence-corrected chi connectivity index (χ2v) is 4.30. The zero-order valence-corrected chi connectivity index (χ0v) is 8.42. The molecule has 0 radical (unpaired) electrons. The molecule has 0 N–H and O–H groups in total. The molecule has 72 valence electrons. The van der Waals surface area contributed by atoms with Crippen molar-refractivity contribution in [1.82, 2.24) is 0 Å². The molecule has 1 aliphatic heterocycles. The van der Waals surface area contributed by atoms with Crippen LogP contribution in [0.25, 0.3) is 10.1 Å². The summed E-state index contributed by atoms with van der Waals surface area (Å²) in [6, 6.07) is 8.25. The number of rotatable bonds is 3. The fourth-order valence-electron chi connectivity index (χ4n) is 1.44. The van der Waals surface area contributed by atoms with E-state index in [9.17, 15) is 0 Å². The normalized spacial score (nSPS) is 19.9. The highest BCUT2D eigenvalue weighted by molar-refractivity contribution is 7.17. The van der Waals surface area contributed by atoms with Crippen LogP contribution in [-0.4, -0.2) is 19.3 Å². The first-order chi connectivity index (χ1) is 6.93. The SMILES string of the molecule is c1cc(OC[C@H]2CO2)c2ccsc2c1. The Balaban J connectivity index is 1.89. The molecule has 0 aliphatic carbocycles. The Bertz CT molecular complexity index is 445. The average Bonchev–Trinajstić information content (AvgIpc) is 2.91. The second kappa shape index (κ2) is 3.26. The molecule has 2 aromatic rings. The highest BCUT2D eigenvalue weighted by atomic mass is 32.1. The summed E-state index contributed by atoms with van der Waals surface area (Å²) in [5.74, 6) is 0.972. The zero-order valence-electron chi connectivity index (χ0n) is 7.60. The molecule has 1 saturated heterocycles. The van der Waals surface area contributed by atoms with Crippen molar-refractivity contribution < 1.29 is 9.47 Å². The molecular formula is C11H10O2S. The summed E-state index contributed by atoms with van der Waals surface area (Å²) in [7, 11) is 0. The minimum Gasteiger partial charge on any atom is -0.490 e. The highest BCUT2D eigenvalue weighted by Crippen LogP contribution is 2.29. The van der Waals surface area contributed by atoms with Crippen molar-refractivity contribution in [2.45, 2.75) is 6.10 Å². The van der Waals surface area contributed by atoms with Crippen LogP contribution in [0, 0.1) is 0 Å². The summed E-state index contributed by atoms with van der Waals surface area (Å²) in [5.41, 5.74) is 0. The van der Waals surface area contributed by atoms with E-state index in [2.05, 4.69) is 17.5 Å². The molecule has 0 unspecified atom stereocenters. The molecule has 0 amide bonds. The summed E-state index contributed by atoms with van der Waals surface area (Å²) in [6.07, 6.45) is 0.323. The molecule has 0 saturated carbocycles. The molecule has 2 heterocycles. The molecule has 0 spiro atoms. The summed E-state index contributed by atoms with van der Waals surface area (Å²) in [6.45, 7) is 1.52. The van der Waals surface area contributed by atoms with Crippen LogP contribution in [0.3, 0.4) is 0 Å². The zero-order chi connectivity index (χ0) is 9.38. The Kier molecular flexibility index (Phi) is 1.92. The van der Waals surface area contributed by atoms with E-state index in [0.29, 0.717) is 12.7 Å². The van der Waals surface area contributed by atoms with Crippen molar-refractivity contribution in [3.63, 3.8) is 0 Å². The van der Waals surface area contributed by atoms with E-state index in [1.807, 2.05) is 12.1 Å². The number of benzene rings is 1. The van der Waals surface area contributed by atoms with Gasteiger partial charge in [0.2, 0.25) is 0 Å². The van der Waals surface area contributed by atoms with Crippen LogP contribution in [0.1, 0.15) is 0 Å². The first-order valence-electron chi connectivity index (χ1n) is 4.64. The van der Waals surface area contributed by atoms with Crippen LogP contribution >= 0.6 is 11.3 Å². The van der Waals surface area contributed by atoms with E-state index < -0.39 is 0 Å². The quantitative estimate of drug-likeness (QED) is 0.720. The Hall–Kier alpha value is -1.06. The third kappa shape index (κ3) is 1.49. The molecule has 1 atom stereocenters. The third-order valence-electron chi connectivity index (χ3n) is 2.28. The topological polar surface area (TPSA) is 21.8 Å². The molecule has 2 nitrogen and oxygen atoms in total. The lowest BCUT2D eigenvalue weighted by Crippen LogP contribution is -2.03. The fraction of sp³-hybridized carbons (Fsp3) is 0.273. The minimum absolute atomic E-state index is 0.323. The van der Waals surface area contributed by atoms with Gasteiger partial charge in [-0.15, -0.1) is 11.3 Å². The minimum atomic E-state index is 0.323.